The summed E-state index contributed by atoms with van der Waals surface area (Å²) in [6.07, 6.45) is 0.842. The number of phenols is 1. The van der Waals surface area contributed by atoms with Gasteiger partial charge in [-0.3, -0.25) is 0 Å². The lowest BCUT2D eigenvalue weighted by molar-refractivity contribution is 0.477. The van der Waals surface area contributed by atoms with Crippen LogP contribution in [0.5, 0.6) is 5.75 Å². The topological polar surface area (TPSA) is 20.2 Å². The molecule has 1 nitrogen and oxygen atoms in total. The third-order valence-electron chi connectivity index (χ3n) is 9.18. The minimum atomic E-state index is 0.305. The molecule has 1 N–H and O–H groups in total. The Morgan fingerprint density at radius 3 is 1.53 bits per heavy atom. The van der Waals surface area contributed by atoms with Gasteiger partial charge < -0.3 is 5.11 Å². The molecule has 0 unspecified atom stereocenters. The molecule has 0 saturated carbocycles. The van der Waals surface area contributed by atoms with Crippen molar-refractivity contribution in [3.05, 3.63) is 163 Å². The zero-order valence-corrected chi connectivity index (χ0v) is 25.2. The SMILES string of the molecule is CCc1c(-c2ccccc2O)cccc1-c1c2ccccc2c(-c2ccccc2-c2ccc3ccccc3c2)c2ccccc12. The van der Waals surface area contributed by atoms with E-state index < -0.39 is 0 Å². The van der Waals surface area contributed by atoms with Crippen LogP contribution in [0.15, 0.2) is 158 Å². The Hall–Kier alpha value is -5.66. The van der Waals surface area contributed by atoms with Crippen LogP contribution < -0.4 is 0 Å². The minimum Gasteiger partial charge on any atom is -0.507 e. The highest BCUT2D eigenvalue weighted by atomic mass is 16.3. The quantitative estimate of drug-likeness (QED) is 0.202. The molecule has 0 fully saturated rings. The Kier molecular flexibility index (Phi) is 6.65. The van der Waals surface area contributed by atoms with Gasteiger partial charge >= 0.3 is 0 Å². The number of hydrogen-bond donors (Lipinski definition) is 1. The van der Waals surface area contributed by atoms with Gasteiger partial charge in [0.1, 0.15) is 5.75 Å². The van der Waals surface area contributed by atoms with Gasteiger partial charge in [-0.25, -0.2) is 0 Å². The maximum absolute atomic E-state index is 10.8. The highest BCUT2D eigenvalue weighted by molar-refractivity contribution is 6.22. The zero-order chi connectivity index (χ0) is 30.3. The lowest BCUT2D eigenvalue weighted by Crippen LogP contribution is -1.97. The Morgan fingerprint density at radius 1 is 0.400 bits per heavy atom. The Balaban J connectivity index is 1.45. The zero-order valence-electron chi connectivity index (χ0n) is 25.2. The molecule has 0 aliphatic carbocycles. The number of aromatic hydroxyl groups is 1. The van der Waals surface area contributed by atoms with Crippen LogP contribution in [-0.4, -0.2) is 5.11 Å². The molecular formula is C44H32O. The molecule has 8 aromatic rings. The molecule has 0 heterocycles. The molecule has 0 bridgehead atoms. The van der Waals surface area contributed by atoms with Crippen molar-refractivity contribution in [3.63, 3.8) is 0 Å². The molecule has 0 atom stereocenters. The van der Waals surface area contributed by atoms with E-state index in [-0.39, 0.29) is 0 Å². The minimum absolute atomic E-state index is 0.305. The average molecular weight is 577 g/mol. The summed E-state index contributed by atoms with van der Waals surface area (Å²) in [6.45, 7) is 2.21. The van der Waals surface area contributed by atoms with Crippen LogP contribution in [0, 0.1) is 0 Å². The third-order valence-corrected chi connectivity index (χ3v) is 9.18. The largest absolute Gasteiger partial charge is 0.507 e. The molecule has 8 rings (SSSR count). The van der Waals surface area contributed by atoms with Crippen molar-refractivity contribution in [1.29, 1.82) is 0 Å². The van der Waals surface area contributed by atoms with E-state index in [4.69, 9.17) is 0 Å². The van der Waals surface area contributed by atoms with E-state index in [9.17, 15) is 5.11 Å². The van der Waals surface area contributed by atoms with E-state index >= 15 is 0 Å². The molecule has 0 spiro atoms. The van der Waals surface area contributed by atoms with Gasteiger partial charge in [0.05, 0.1) is 0 Å². The van der Waals surface area contributed by atoms with E-state index in [1.807, 2.05) is 18.2 Å². The number of rotatable bonds is 5. The normalized spacial score (nSPS) is 11.4. The van der Waals surface area contributed by atoms with Gasteiger partial charge in [0.15, 0.2) is 0 Å². The van der Waals surface area contributed by atoms with E-state index in [2.05, 4.69) is 140 Å². The molecule has 0 aromatic heterocycles. The molecule has 45 heavy (non-hydrogen) atoms. The van der Waals surface area contributed by atoms with Crippen molar-refractivity contribution in [2.45, 2.75) is 13.3 Å². The van der Waals surface area contributed by atoms with Gasteiger partial charge in [-0.2, -0.15) is 0 Å². The van der Waals surface area contributed by atoms with Crippen molar-refractivity contribution >= 4 is 32.3 Å². The van der Waals surface area contributed by atoms with Crippen molar-refractivity contribution in [3.8, 4) is 50.3 Å². The summed E-state index contributed by atoms with van der Waals surface area (Å²) in [6, 6.07) is 56.0. The van der Waals surface area contributed by atoms with Crippen molar-refractivity contribution < 1.29 is 5.11 Å². The molecular weight excluding hydrogens is 544 g/mol. The lowest BCUT2D eigenvalue weighted by atomic mass is 9.81. The van der Waals surface area contributed by atoms with Gasteiger partial charge in [0, 0.05) is 5.56 Å². The van der Waals surface area contributed by atoms with Crippen LogP contribution >= 0.6 is 0 Å². The number of benzene rings is 8. The maximum atomic E-state index is 10.8. The van der Waals surface area contributed by atoms with Crippen LogP contribution in [0.4, 0.5) is 0 Å². The predicted octanol–water partition coefficient (Wildman–Crippen LogP) is 12.1. The molecule has 0 aliphatic rings. The summed E-state index contributed by atoms with van der Waals surface area (Å²) in [5.74, 6) is 0.305. The van der Waals surface area contributed by atoms with Crippen LogP contribution in [0.25, 0.3) is 76.8 Å². The summed E-state index contributed by atoms with van der Waals surface area (Å²) in [5, 5.41) is 18.2. The molecule has 0 radical (unpaired) electrons. The number of hydrogen-bond acceptors (Lipinski definition) is 1. The van der Waals surface area contributed by atoms with E-state index in [1.54, 1.807) is 6.07 Å². The molecule has 214 valence electrons. The summed E-state index contributed by atoms with van der Waals surface area (Å²) in [5.41, 5.74) is 10.5. The Bertz CT molecular complexity index is 2320. The fourth-order valence-corrected chi connectivity index (χ4v) is 7.17. The van der Waals surface area contributed by atoms with Crippen LogP contribution in [0.3, 0.4) is 0 Å². The van der Waals surface area contributed by atoms with E-state index in [0.29, 0.717) is 5.75 Å². The van der Waals surface area contributed by atoms with Crippen molar-refractivity contribution in [1.82, 2.24) is 0 Å². The molecule has 0 saturated heterocycles. The van der Waals surface area contributed by atoms with Gasteiger partial charge in [-0.05, 0) is 95.4 Å². The number of para-hydroxylation sites is 1. The second kappa shape index (κ2) is 11.1. The monoisotopic (exact) mass is 576 g/mol. The Morgan fingerprint density at radius 2 is 0.889 bits per heavy atom. The smallest absolute Gasteiger partial charge is 0.123 e. The highest BCUT2D eigenvalue weighted by Gasteiger charge is 2.21. The second-order valence-corrected chi connectivity index (χ2v) is 11.7. The fraction of sp³-hybridized carbons (Fsp3) is 0.0455. The summed E-state index contributed by atoms with van der Waals surface area (Å²) >= 11 is 0. The third kappa shape index (κ3) is 4.48. The first-order valence-electron chi connectivity index (χ1n) is 15.7. The van der Waals surface area contributed by atoms with Gasteiger partial charge in [0.2, 0.25) is 0 Å². The maximum Gasteiger partial charge on any atom is 0.123 e. The number of phenolic OH excluding ortho intramolecular Hbond substituents is 1. The standard InChI is InChI=1S/C44H32O/c1-2-32-34(35-17-11-12-25-42(35)45)23-13-24-36(32)43-38-19-7-9-21-40(38)44(41-22-10-8-20-39(41)43)37-18-6-5-16-33(37)31-27-26-29-14-3-4-15-30(29)28-31/h3-28,45H,2H2,1H3. The lowest BCUT2D eigenvalue weighted by Gasteiger charge is -2.22. The average Bonchev–Trinajstić information content (AvgIpc) is 3.10. The van der Waals surface area contributed by atoms with E-state index in [0.717, 1.165) is 17.5 Å². The van der Waals surface area contributed by atoms with Gasteiger partial charge in [0.25, 0.3) is 0 Å². The van der Waals surface area contributed by atoms with E-state index in [1.165, 1.54) is 71.3 Å². The first-order valence-corrected chi connectivity index (χ1v) is 15.7. The first kappa shape index (κ1) is 26.9. The fourth-order valence-electron chi connectivity index (χ4n) is 7.17. The molecule has 8 aromatic carbocycles. The molecule has 1 heteroatoms. The Labute approximate surface area is 263 Å². The molecule has 0 aliphatic heterocycles. The van der Waals surface area contributed by atoms with Crippen LogP contribution in [-0.2, 0) is 6.42 Å². The van der Waals surface area contributed by atoms with Crippen LogP contribution in [0.2, 0.25) is 0 Å². The van der Waals surface area contributed by atoms with Crippen molar-refractivity contribution in [2.24, 2.45) is 0 Å². The first-order chi connectivity index (χ1) is 22.2. The summed E-state index contributed by atoms with van der Waals surface area (Å²) in [7, 11) is 0. The van der Waals surface area contributed by atoms with Gasteiger partial charge in [-0.1, -0.05) is 153 Å². The summed E-state index contributed by atoms with van der Waals surface area (Å²) in [4.78, 5) is 0. The van der Waals surface area contributed by atoms with Gasteiger partial charge in [-0.15, -0.1) is 0 Å². The highest BCUT2D eigenvalue weighted by Crippen LogP contribution is 2.48. The van der Waals surface area contributed by atoms with Crippen molar-refractivity contribution in [2.75, 3.05) is 0 Å². The second-order valence-electron chi connectivity index (χ2n) is 11.7. The predicted molar refractivity (Wildman–Crippen MR) is 192 cm³/mol. The molecule has 0 amide bonds. The summed E-state index contributed by atoms with van der Waals surface area (Å²) < 4.78 is 0. The van der Waals surface area contributed by atoms with Crippen LogP contribution in [0.1, 0.15) is 12.5 Å². The number of fused-ring (bicyclic) bond motifs is 3.